The number of carbonyl (C=O) groups excluding carboxylic acids is 1. The number of hydrogen-bond donors (Lipinski definition) is 3. The number of piperidine rings is 1. The van der Waals surface area contributed by atoms with Gasteiger partial charge in [-0.1, -0.05) is 13.8 Å². The van der Waals surface area contributed by atoms with Crippen LogP contribution in [0.3, 0.4) is 0 Å². The van der Waals surface area contributed by atoms with Crippen molar-refractivity contribution in [2.45, 2.75) is 57.6 Å². The number of methoxy groups -OCH3 is 1. The highest BCUT2D eigenvalue weighted by atomic mass is 16.6. The van der Waals surface area contributed by atoms with E-state index in [2.05, 4.69) is 5.32 Å². The van der Waals surface area contributed by atoms with Crippen molar-refractivity contribution in [3.63, 3.8) is 0 Å². The quantitative estimate of drug-likeness (QED) is 0.597. The third-order valence-corrected chi connectivity index (χ3v) is 4.57. The number of hydrogen-bond acceptors (Lipinski definition) is 5. The van der Waals surface area contributed by atoms with Crippen LogP contribution in [-0.4, -0.2) is 58.6 Å². The van der Waals surface area contributed by atoms with Gasteiger partial charge in [0.1, 0.15) is 6.04 Å². The number of carboxylic acid groups (broad SMARTS) is 1. The lowest BCUT2D eigenvalue weighted by atomic mass is 9.96. The molecular formula is C14H24N2O5. The van der Waals surface area contributed by atoms with E-state index in [1.54, 1.807) is 0 Å². The van der Waals surface area contributed by atoms with Crippen molar-refractivity contribution in [1.29, 1.82) is 0 Å². The highest BCUT2D eigenvalue weighted by Crippen LogP contribution is 2.43. The van der Waals surface area contributed by atoms with E-state index < -0.39 is 24.5 Å². The molecule has 2 rings (SSSR count). The number of fused-ring (bicyclic) bond motifs is 2. The second-order valence-corrected chi connectivity index (χ2v) is 6.23. The fourth-order valence-corrected chi connectivity index (χ4v) is 3.55. The summed E-state index contributed by atoms with van der Waals surface area (Å²) in [6, 6.07) is -1.40. The first-order valence-electron chi connectivity index (χ1n) is 7.38. The zero-order chi connectivity index (χ0) is 15.7. The number of rotatable bonds is 6. The summed E-state index contributed by atoms with van der Waals surface area (Å²) in [6.45, 7) is 3.70. The average Bonchev–Trinajstić information content (AvgIpc) is 3.03. The maximum absolute atomic E-state index is 12.8. The van der Waals surface area contributed by atoms with Gasteiger partial charge >= 0.3 is 5.97 Å². The molecule has 1 saturated carbocycles. The predicted octanol–water partition coefficient (Wildman–Crippen LogP) is -0.0130. The molecule has 3 N–H and O–H groups in total. The first kappa shape index (κ1) is 16.2. The van der Waals surface area contributed by atoms with Crippen LogP contribution in [0.2, 0.25) is 0 Å². The minimum Gasteiger partial charge on any atom is -0.480 e. The van der Waals surface area contributed by atoms with Crippen molar-refractivity contribution in [2.75, 3.05) is 7.11 Å². The highest BCUT2D eigenvalue weighted by Gasteiger charge is 2.52. The normalized spacial score (nSPS) is 30.7. The standard InChI is InChI=1S/C14H24N2O5/c1-7(2)10(15-14(20)21-3)12(17)16-9-5-4-8(6-9)11(16)13(18)19/h7-11,14-15,20H,4-6H2,1-3H3,(H,18,19)/t8?,9?,10-,11-,14?/m0/s1. The van der Waals surface area contributed by atoms with Gasteiger partial charge in [-0.05, 0) is 31.1 Å². The van der Waals surface area contributed by atoms with Crippen molar-refractivity contribution in [2.24, 2.45) is 11.8 Å². The van der Waals surface area contributed by atoms with Gasteiger partial charge in [0.2, 0.25) is 12.3 Å². The van der Waals surface area contributed by atoms with Gasteiger partial charge in [-0.15, -0.1) is 0 Å². The molecule has 0 aromatic carbocycles. The van der Waals surface area contributed by atoms with Crippen LogP contribution in [0.1, 0.15) is 33.1 Å². The van der Waals surface area contributed by atoms with Gasteiger partial charge in [-0.2, -0.15) is 0 Å². The Balaban J connectivity index is 2.17. The molecule has 1 saturated heterocycles. The monoisotopic (exact) mass is 300 g/mol. The highest BCUT2D eigenvalue weighted by molar-refractivity contribution is 5.88. The number of carboxylic acids is 1. The second-order valence-electron chi connectivity index (χ2n) is 6.23. The molecule has 1 aliphatic carbocycles. The van der Waals surface area contributed by atoms with Crippen molar-refractivity contribution < 1.29 is 24.5 Å². The van der Waals surface area contributed by atoms with Gasteiger partial charge in [0.05, 0.1) is 6.04 Å². The molecule has 2 aliphatic rings. The van der Waals surface area contributed by atoms with Gasteiger partial charge < -0.3 is 19.8 Å². The van der Waals surface area contributed by atoms with Crippen molar-refractivity contribution >= 4 is 11.9 Å². The summed E-state index contributed by atoms with van der Waals surface area (Å²) in [5.74, 6) is -1.24. The Morgan fingerprint density at radius 2 is 2.00 bits per heavy atom. The van der Waals surface area contributed by atoms with E-state index in [1.165, 1.54) is 12.0 Å². The number of amides is 1. The Labute approximate surface area is 124 Å². The van der Waals surface area contributed by atoms with E-state index in [4.69, 9.17) is 4.74 Å². The number of aliphatic carboxylic acids is 1. The van der Waals surface area contributed by atoms with Gasteiger partial charge in [-0.25, -0.2) is 4.79 Å². The molecule has 1 amide bonds. The number of nitrogens with zero attached hydrogens (tertiary/aromatic N) is 1. The maximum atomic E-state index is 12.8. The molecular weight excluding hydrogens is 276 g/mol. The summed E-state index contributed by atoms with van der Waals surface area (Å²) in [7, 11) is 1.33. The summed E-state index contributed by atoms with van der Waals surface area (Å²) in [4.78, 5) is 25.8. The molecule has 2 fully saturated rings. The first-order valence-corrected chi connectivity index (χ1v) is 7.38. The third kappa shape index (κ3) is 3.04. The van der Waals surface area contributed by atoms with Crippen LogP contribution < -0.4 is 5.32 Å². The topological polar surface area (TPSA) is 99.1 Å². The molecule has 1 aliphatic heterocycles. The van der Waals surface area contributed by atoms with E-state index in [0.717, 1.165) is 19.3 Å². The Hall–Kier alpha value is -1.18. The summed E-state index contributed by atoms with van der Waals surface area (Å²) >= 11 is 0. The first-order chi connectivity index (χ1) is 9.86. The lowest BCUT2D eigenvalue weighted by Gasteiger charge is -2.37. The van der Waals surface area contributed by atoms with Gasteiger partial charge in [0.15, 0.2) is 0 Å². The zero-order valence-electron chi connectivity index (χ0n) is 12.7. The smallest absolute Gasteiger partial charge is 0.326 e. The third-order valence-electron chi connectivity index (χ3n) is 4.57. The van der Waals surface area contributed by atoms with Gasteiger partial charge in [0.25, 0.3) is 0 Å². The fourth-order valence-electron chi connectivity index (χ4n) is 3.55. The van der Waals surface area contributed by atoms with E-state index >= 15 is 0 Å². The van der Waals surface area contributed by atoms with Crippen molar-refractivity contribution in [1.82, 2.24) is 10.2 Å². The largest absolute Gasteiger partial charge is 0.480 e. The summed E-state index contributed by atoms with van der Waals surface area (Å²) < 4.78 is 4.74. The number of carbonyl (C=O) groups is 2. The number of aliphatic hydroxyl groups excluding tert-OH is 1. The SMILES string of the molecule is COC(O)N[C@H](C(=O)N1C2CCC(C2)[C@H]1C(=O)O)C(C)C. The average molecular weight is 300 g/mol. The lowest BCUT2D eigenvalue weighted by molar-refractivity contribution is -0.157. The van der Waals surface area contributed by atoms with E-state index in [1.807, 2.05) is 13.8 Å². The van der Waals surface area contributed by atoms with Crippen LogP contribution in [0.25, 0.3) is 0 Å². The molecule has 2 bridgehead atoms. The van der Waals surface area contributed by atoms with E-state index in [0.29, 0.717) is 0 Å². The second kappa shape index (κ2) is 6.29. The number of ether oxygens (including phenoxy) is 1. The molecule has 1 heterocycles. The van der Waals surface area contributed by atoms with Crippen molar-refractivity contribution in [3.05, 3.63) is 0 Å². The van der Waals surface area contributed by atoms with Gasteiger partial charge in [-0.3, -0.25) is 10.1 Å². The Morgan fingerprint density at radius 1 is 1.33 bits per heavy atom. The van der Waals surface area contributed by atoms with Crippen LogP contribution in [0, 0.1) is 11.8 Å². The zero-order valence-corrected chi connectivity index (χ0v) is 12.7. The number of aliphatic hydroxyl groups is 1. The molecule has 7 heteroatoms. The molecule has 120 valence electrons. The molecule has 0 aromatic heterocycles. The Morgan fingerprint density at radius 3 is 2.52 bits per heavy atom. The maximum Gasteiger partial charge on any atom is 0.326 e. The minimum absolute atomic E-state index is 0.00587. The van der Waals surface area contributed by atoms with Gasteiger partial charge in [0, 0.05) is 13.2 Å². The van der Waals surface area contributed by atoms with Crippen molar-refractivity contribution in [3.8, 4) is 0 Å². The molecule has 21 heavy (non-hydrogen) atoms. The fraction of sp³-hybridized carbons (Fsp3) is 0.857. The Bertz CT molecular complexity index is 414. The molecule has 5 atom stereocenters. The lowest BCUT2D eigenvalue weighted by Crippen LogP contribution is -2.58. The van der Waals surface area contributed by atoms with E-state index in [9.17, 15) is 19.8 Å². The summed E-state index contributed by atoms with van der Waals surface area (Å²) in [5.41, 5.74) is 0. The Kier molecular flexibility index (Phi) is 4.85. The van der Waals surface area contributed by atoms with Crippen LogP contribution in [0.15, 0.2) is 0 Å². The minimum atomic E-state index is -1.25. The van der Waals surface area contributed by atoms with Crippen LogP contribution in [-0.2, 0) is 14.3 Å². The number of nitrogens with one attached hydrogen (secondary N) is 1. The molecule has 0 spiro atoms. The molecule has 3 unspecified atom stereocenters. The summed E-state index contributed by atoms with van der Waals surface area (Å²) in [6.07, 6.45) is 1.24. The van der Waals surface area contributed by atoms with E-state index in [-0.39, 0.29) is 23.8 Å². The van der Waals surface area contributed by atoms with Crippen LogP contribution in [0.4, 0.5) is 0 Å². The van der Waals surface area contributed by atoms with Crippen LogP contribution in [0.5, 0.6) is 0 Å². The van der Waals surface area contributed by atoms with Crippen LogP contribution >= 0.6 is 0 Å². The molecule has 0 aromatic rings. The number of likely N-dealkylation sites (tertiary alicyclic amines) is 1. The molecule has 7 nitrogen and oxygen atoms in total. The predicted molar refractivity (Wildman–Crippen MR) is 74.2 cm³/mol. The summed E-state index contributed by atoms with van der Waals surface area (Å²) in [5, 5.41) is 21.7. The molecule has 0 radical (unpaired) electrons.